The number of hydrogen-bond donors (Lipinski definition) is 3. The van der Waals surface area contributed by atoms with Gasteiger partial charge in [-0.25, -0.2) is 14.0 Å². The number of benzene rings is 3. The number of halogens is 2. The van der Waals surface area contributed by atoms with E-state index in [1.165, 1.54) is 16.5 Å². The Balaban J connectivity index is 1.41. The number of carbonyl (C=O) groups is 3. The Hall–Kier alpha value is -3.91. The first-order valence-electron chi connectivity index (χ1n) is 11.9. The number of aromatic carboxylic acids is 1. The number of amides is 3. The first-order chi connectivity index (χ1) is 17.6. The molecule has 0 aromatic heterocycles. The van der Waals surface area contributed by atoms with Crippen LogP contribution in [0.5, 0.6) is 0 Å². The average molecular weight is 524 g/mol. The molecule has 3 amide bonds. The second-order valence-electron chi connectivity index (χ2n) is 9.24. The van der Waals surface area contributed by atoms with E-state index in [2.05, 4.69) is 24.5 Å². The van der Waals surface area contributed by atoms with E-state index in [9.17, 15) is 18.8 Å². The molecule has 3 N–H and O–H groups in total. The molecule has 9 heteroatoms. The van der Waals surface area contributed by atoms with Crippen LogP contribution in [0.3, 0.4) is 0 Å². The molecule has 0 aliphatic carbocycles. The summed E-state index contributed by atoms with van der Waals surface area (Å²) in [4.78, 5) is 38.6. The molecule has 1 atom stereocenters. The summed E-state index contributed by atoms with van der Waals surface area (Å²) in [7, 11) is 0. The molecule has 4 rings (SSSR count). The lowest BCUT2D eigenvalue weighted by molar-refractivity contribution is -0.119. The number of nitrogens with zero attached hydrogens (tertiary/aromatic N) is 1. The fourth-order valence-electron chi connectivity index (χ4n) is 4.34. The van der Waals surface area contributed by atoms with E-state index in [0.717, 1.165) is 12.5 Å². The van der Waals surface area contributed by atoms with E-state index in [1.54, 1.807) is 24.3 Å². The first kappa shape index (κ1) is 26.2. The molecule has 1 aliphatic rings. The number of hydrogen-bond acceptors (Lipinski definition) is 3. The molecule has 192 valence electrons. The van der Waals surface area contributed by atoms with Crippen molar-refractivity contribution in [3.8, 4) is 11.1 Å². The van der Waals surface area contributed by atoms with Crippen molar-refractivity contribution in [3.05, 3.63) is 82.6 Å². The van der Waals surface area contributed by atoms with Crippen molar-refractivity contribution in [2.24, 2.45) is 0 Å². The third-order valence-corrected chi connectivity index (χ3v) is 6.68. The highest BCUT2D eigenvalue weighted by molar-refractivity contribution is 6.33. The lowest BCUT2D eigenvalue weighted by Gasteiger charge is -2.24. The normalized spacial score (nSPS) is 15.1. The summed E-state index contributed by atoms with van der Waals surface area (Å²) >= 11 is 5.95. The van der Waals surface area contributed by atoms with Crippen LogP contribution in [0.2, 0.25) is 5.02 Å². The van der Waals surface area contributed by atoms with Crippen LogP contribution < -0.4 is 10.6 Å². The zero-order valence-electron chi connectivity index (χ0n) is 20.4. The topological polar surface area (TPSA) is 98.7 Å². The van der Waals surface area contributed by atoms with E-state index >= 15 is 0 Å². The predicted octanol–water partition coefficient (Wildman–Crippen LogP) is 6.60. The Labute approximate surface area is 219 Å². The summed E-state index contributed by atoms with van der Waals surface area (Å²) in [6.45, 7) is 4.68. The van der Waals surface area contributed by atoms with Gasteiger partial charge in [-0.15, -0.1) is 0 Å². The number of carboxylic acid groups (broad SMARTS) is 1. The van der Waals surface area contributed by atoms with Crippen LogP contribution in [0.25, 0.3) is 11.1 Å². The Morgan fingerprint density at radius 3 is 2.19 bits per heavy atom. The van der Waals surface area contributed by atoms with Crippen LogP contribution in [0, 0.1) is 5.82 Å². The van der Waals surface area contributed by atoms with Gasteiger partial charge in [0.05, 0.1) is 5.02 Å². The van der Waals surface area contributed by atoms with Crippen molar-refractivity contribution in [2.45, 2.75) is 38.6 Å². The standard InChI is InChI=1S/C28H27ClFN3O4/c1-16(2)17-5-9-21(10-6-17)32-28(37)33-13-3-4-24(33)26(34)31-20-11-7-18(8-12-20)19-14-22(29)25(27(35)36)23(30)15-19/h5-12,14-16,24H,3-4,13H2,1-2H3,(H,31,34)(H,32,37)(H,35,36)/t24-/m1/s1. The van der Waals surface area contributed by atoms with E-state index in [1.807, 2.05) is 24.3 Å². The molecule has 1 aliphatic heterocycles. The van der Waals surface area contributed by atoms with Crippen LogP contribution in [-0.2, 0) is 4.79 Å². The predicted molar refractivity (Wildman–Crippen MR) is 142 cm³/mol. The number of carboxylic acids is 1. The molecule has 3 aromatic carbocycles. The van der Waals surface area contributed by atoms with Gasteiger partial charge in [-0.3, -0.25) is 4.79 Å². The average Bonchev–Trinajstić information content (AvgIpc) is 3.34. The van der Waals surface area contributed by atoms with Gasteiger partial charge in [-0.2, -0.15) is 0 Å². The number of likely N-dealkylation sites (tertiary alicyclic amines) is 1. The minimum Gasteiger partial charge on any atom is -0.478 e. The lowest BCUT2D eigenvalue weighted by Crippen LogP contribution is -2.45. The summed E-state index contributed by atoms with van der Waals surface area (Å²) in [5.41, 5.74) is 2.79. The van der Waals surface area contributed by atoms with E-state index in [4.69, 9.17) is 16.7 Å². The molecular formula is C28H27ClFN3O4. The van der Waals surface area contributed by atoms with E-state index < -0.39 is 23.4 Å². The van der Waals surface area contributed by atoms with E-state index in [0.29, 0.717) is 41.4 Å². The largest absolute Gasteiger partial charge is 0.478 e. The molecule has 0 bridgehead atoms. The van der Waals surface area contributed by atoms with Crippen molar-refractivity contribution in [1.29, 1.82) is 0 Å². The van der Waals surface area contributed by atoms with Crippen LogP contribution >= 0.6 is 11.6 Å². The highest BCUT2D eigenvalue weighted by Gasteiger charge is 2.34. The third-order valence-electron chi connectivity index (χ3n) is 6.39. The SMILES string of the molecule is CC(C)c1ccc(NC(=O)N2CCC[C@@H]2C(=O)Nc2ccc(-c3cc(F)c(C(=O)O)c(Cl)c3)cc2)cc1. The molecule has 0 saturated carbocycles. The number of nitrogens with one attached hydrogen (secondary N) is 2. The minimum atomic E-state index is -1.44. The lowest BCUT2D eigenvalue weighted by atomic mass is 10.0. The van der Waals surface area contributed by atoms with Gasteiger partial charge < -0.3 is 20.6 Å². The monoisotopic (exact) mass is 523 g/mol. The summed E-state index contributed by atoms with van der Waals surface area (Å²) in [6.07, 6.45) is 1.27. The fraction of sp³-hybridized carbons (Fsp3) is 0.250. The molecule has 1 heterocycles. The number of carbonyl (C=O) groups excluding carboxylic acids is 2. The number of urea groups is 1. The van der Waals surface area contributed by atoms with Crippen molar-refractivity contribution < 1.29 is 23.9 Å². The summed E-state index contributed by atoms with van der Waals surface area (Å²) < 4.78 is 14.2. The molecule has 7 nitrogen and oxygen atoms in total. The van der Waals surface area contributed by atoms with Gasteiger partial charge in [-0.05, 0) is 71.8 Å². The van der Waals surface area contributed by atoms with Crippen LogP contribution in [0.4, 0.5) is 20.6 Å². The zero-order valence-corrected chi connectivity index (χ0v) is 21.2. The molecule has 0 unspecified atom stereocenters. The maximum Gasteiger partial charge on any atom is 0.340 e. The van der Waals surface area contributed by atoms with Crippen molar-refractivity contribution in [3.63, 3.8) is 0 Å². The maximum atomic E-state index is 14.2. The minimum absolute atomic E-state index is 0.199. The zero-order chi connectivity index (χ0) is 26.7. The molecule has 0 spiro atoms. The second kappa shape index (κ2) is 11.0. The van der Waals surface area contributed by atoms with E-state index in [-0.39, 0.29) is 17.0 Å². The highest BCUT2D eigenvalue weighted by Crippen LogP contribution is 2.29. The second-order valence-corrected chi connectivity index (χ2v) is 9.65. The Morgan fingerprint density at radius 1 is 0.973 bits per heavy atom. The quantitative estimate of drug-likeness (QED) is 0.339. The highest BCUT2D eigenvalue weighted by atomic mass is 35.5. The molecule has 37 heavy (non-hydrogen) atoms. The number of anilines is 2. The summed E-state index contributed by atoms with van der Waals surface area (Å²) in [5.74, 6) is -2.27. The summed E-state index contributed by atoms with van der Waals surface area (Å²) in [6, 6.07) is 15.9. The van der Waals surface area contributed by atoms with Gasteiger partial charge in [-0.1, -0.05) is 49.7 Å². The van der Waals surface area contributed by atoms with Crippen molar-refractivity contribution >= 4 is 40.9 Å². The summed E-state index contributed by atoms with van der Waals surface area (Å²) in [5, 5.41) is 14.6. The molecule has 3 aromatic rings. The van der Waals surface area contributed by atoms with Gasteiger partial charge >= 0.3 is 12.0 Å². The van der Waals surface area contributed by atoms with Gasteiger partial charge in [0.2, 0.25) is 5.91 Å². The Bertz CT molecular complexity index is 1300. The first-order valence-corrected chi connectivity index (χ1v) is 12.3. The van der Waals surface area contributed by atoms with Crippen LogP contribution in [0.15, 0.2) is 60.7 Å². The smallest absolute Gasteiger partial charge is 0.340 e. The van der Waals surface area contributed by atoms with Crippen molar-refractivity contribution in [1.82, 2.24) is 4.90 Å². The van der Waals surface area contributed by atoms with Crippen molar-refractivity contribution in [2.75, 3.05) is 17.2 Å². The maximum absolute atomic E-state index is 14.2. The van der Waals surface area contributed by atoms with Gasteiger partial charge in [0.15, 0.2) is 0 Å². The molecule has 1 saturated heterocycles. The molecular weight excluding hydrogens is 497 g/mol. The molecule has 1 fully saturated rings. The van der Waals surface area contributed by atoms with Gasteiger partial charge in [0.25, 0.3) is 0 Å². The van der Waals surface area contributed by atoms with Gasteiger partial charge in [0.1, 0.15) is 17.4 Å². The fourth-order valence-corrected chi connectivity index (χ4v) is 4.63. The van der Waals surface area contributed by atoms with Crippen LogP contribution in [0.1, 0.15) is 48.5 Å². The Kier molecular flexibility index (Phi) is 7.78. The Morgan fingerprint density at radius 2 is 1.59 bits per heavy atom. The number of rotatable bonds is 6. The molecule has 0 radical (unpaired) electrons. The van der Waals surface area contributed by atoms with Crippen LogP contribution in [-0.4, -0.2) is 40.5 Å². The third kappa shape index (κ3) is 5.91. The van der Waals surface area contributed by atoms with Gasteiger partial charge in [0, 0.05) is 17.9 Å².